The molecule has 1 aromatic carbocycles. The molecule has 0 atom stereocenters. The van der Waals surface area contributed by atoms with Crippen LogP contribution in [-0.4, -0.2) is 43.1 Å². The van der Waals surface area contributed by atoms with Crippen molar-refractivity contribution in [2.45, 2.75) is 44.6 Å². The van der Waals surface area contributed by atoms with Gasteiger partial charge in [-0.05, 0) is 49.8 Å². The molecule has 0 spiro atoms. The van der Waals surface area contributed by atoms with E-state index in [1.165, 1.54) is 44.4 Å². The second-order valence-electron chi connectivity index (χ2n) is 7.16. The molecule has 2 aliphatic rings. The fourth-order valence-corrected chi connectivity index (χ4v) is 4.16. The number of rotatable bonds is 6. The Balaban J connectivity index is 1.36. The van der Waals surface area contributed by atoms with E-state index in [1.54, 1.807) is 6.07 Å². The number of carbonyl (C=O) groups is 1. The molecule has 0 unspecified atom stereocenters. The molecular formula is C19H26BrFN2O2. The normalized spacial score (nSPS) is 19.9. The molecule has 1 aliphatic carbocycles. The van der Waals surface area contributed by atoms with E-state index in [9.17, 15) is 9.18 Å². The Labute approximate surface area is 157 Å². The second kappa shape index (κ2) is 8.99. The third kappa shape index (κ3) is 5.68. The molecule has 4 nitrogen and oxygen atoms in total. The molecule has 0 aromatic heterocycles. The van der Waals surface area contributed by atoms with Crippen LogP contribution in [0.1, 0.15) is 38.5 Å². The van der Waals surface area contributed by atoms with E-state index < -0.39 is 5.82 Å². The molecule has 3 rings (SSSR count). The van der Waals surface area contributed by atoms with E-state index >= 15 is 0 Å². The quantitative estimate of drug-likeness (QED) is 0.773. The minimum Gasteiger partial charge on any atom is -0.481 e. The lowest BCUT2D eigenvalue weighted by Crippen LogP contribution is -2.46. The SMILES string of the molecule is O=C(COc1ccc(Br)cc1F)NC1CCN(CC2CCCC2)CC1. The van der Waals surface area contributed by atoms with E-state index in [0.717, 1.165) is 31.8 Å². The molecule has 1 amide bonds. The largest absolute Gasteiger partial charge is 0.481 e. The summed E-state index contributed by atoms with van der Waals surface area (Å²) in [7, 11) is 0. The fourth-order valence-electron chi connectivity index (χ4n) is 3.82. The van der Waals surface area contributed by atoms with Crippen molar-refractivity contribution < 1.29 is 13.9 Å². The third-order valence-electron chi connectivity index (χ3n) is 5.20. The molecule has 0 bridgehead atoms. The van der Waals surface area contributed by atoms with Gasteiger partial charge < -0.3 is 15.0 Å². The first-order chi connectivity index (χ1) is 12.1. The number of carbonyl (C=O) groups excluding carboxylic acids is 1. The van der Waals surface area contributed by atoms with Crippen LogP contribution >= 0.6 is 15.9 Å². The van der Waals surface area contributed by atoms with Crippen molar-refractivity contribution in [1.29, 1.82) is 0 Å². The zero-order valence-corrected chi connectivity index (χ0v) is 16.1. The zero-order chi connectivity index (χ0) is 17.6. The zero-order valence-electron chi connectivity index (χ0n) is 14.5. The Kier molecular flexibility index (Phi) is 6.70. The Hall–Kier alpha value is -1.14. The molecule has 0 radical (unpaired) electrons. The van der Waals surface area contributed by atoms with Gasteiger partial charge in [-0.1, -0.05) is 28.8 Å². The van der Waals surface area contributed by atoms with Crippen molar-refractivity contribution in [1.82, 2.24) is 10.2 Å². The number of hydrogen-bond acceptors (Lipinski definition) is 3. The summed E-state index contributed by atoms with van der Waals surface area (Å²) in [5.41, 5.74) is 0. The molecule has 2 fully saturated rings. The molecule has 1 N–H and O–H groups in total. The molecule has 1 saturated heterocycles. The highest BCUT2D eigenvalue weighted by atomic mass is 79.9. The second-order valence-corrected chi connectivity index (χ2v) is 8.07. The van der Waals surface area contributed by atoms with Gasteiger partial charge in [0.25, 0.3) is 5.91 Å². The Morgan fingerprint density at radius 2 is 1.96 bits per heavy atom. The number of amides is 1. The Bertz CT molecular complexity index is 585. The van der Waals surface area contributed by atoms with Crippen LogP contribution in [0.25, 0.3) is 0 Å². The Morgan fingerprint density at radius 1 is 1.24 bits per heavy atom. The van der Waals surface area contributed by atoms with Gasteiger partial charge in [-0.25, -0.2) is 4.39 Å². The van der Waals surface area contributed by atoms with E-state index in [2.05, 4.69) is 26.1 Å². The van der Waals surface area contributed by atoms with Crippen LogP contribution in [0.5, 0.6) is 5.75 Å². The van der Waals surface area contributed by atoms with E-state index in [4.69, 9.17) is 4.74 Å². The van der Waals surface area contributed by atoms with Gasteiger partial charge in [-0.3, -0.25) is 4.79 Å². The monoisotopic (exact) mass is 412 g/mol. The number of halogens is 2. The third-order valence-corrected chi connectivity index (χ3v) is 5.69. The van der Waals surface area contributed by atoms with Crippen LogP contribution in [-0.2, 0) is 4.79 Å². The average Bonchev–Trinajstić information content (AvgIpc) is 3.09. The molecule has 1 aliphatic heterocycles. The summed E-state index contributed by atoms with van der Waals surface area (Å²) in [6, 6.07) is 4.74. The summed E-state index contributed by atoms with van der Waals surface area (Å²) in [5, 5.41) is 3.01. The van der Waals surface area contributed by atoms with Gasteiger partial charge in [0, 0.05) is 30.1 Å². The van der Waals surface area contributed by atoms with E-state index in [0.29, 0.717) is 4.47 Å². The number of ether oxygens (including phenoxy) is 1. The summed E-state index contributed by atoms with van der Waals surface area (Å²) in [4.78, 5) is 14.6. The first-order valence-corrected chi connectivity index (χ1v) is 9.99. The molecular weight excluding hydrogens is 387 g/mol. The smallest absolute Gasteiger partial charge is 0.258 e. The van der Waals surface area contributed by atoms with Gasteiger partial charge in [0.1, 0.15) is 0 Å². The van der Waals surface area contributed by atoms with Crippen molar-refractivity contribution in [2.75, 3.05) is 26.2 Å². The summed E-state index contributed by atoms with van der Waals surface area (Å²) in [6.07, 6.45) is 7.48. The standard InChI is InChI=1S/C19H26BrFN2O2/c20-15-5-6-18(17(21)11-15)25-13-19(24)22-16-7-9-23(10-8-16)12-14-3-1-2-4-14/h5-6,11,14,16H,1-4,7-10,12-13H2,(H,22,24). The van der Waals surface area contributed by atoms with Crippen LogP contribution in [0.2, 0.25) is 0 Å². The maximum Gasteiger partial charge on any atom is 0.258 e. The summed E-state index contributed by atoms with van der Waals surface area (Å²) in [5.74, 6) is 0.323. The first-order valence-electron chi connectivity index (χ1n) is 9.20. The number of benzene rings is 1. The number of piperidine rings is 1. The number of nitrogens with one attached hydrogen (secondary N) is 1. The lowest BCUT2D eigenvalue weighted by atomic mass is 10.0. The van der Waals surface area contributed by atoms with Gasteiger partial charge in [-0.15, -0.1) is 0 Å². The number of nitrogens with zero attached hydrogens (tertiary/aromatic N) is 1. The first kappa shape index (κ1) is 18.6. The number of hydrogen-bond donors (Lipinski definition) is 1. The molecule has 138 valence electrons. The maximum absolute atomic E-state index is 13.7. The molecule has 25 heavy (non-hydrogen) atoms. The van der Waals surface area contributed by atoms with Crippen LogP contribution in [0.15, 0.2) is 22.7 Å². The molecule has 1 saturated carbocycles. The summed E-state index contributed by atoms with van der Waals surface area (Å²) in [6.45, 7) is 3.15. The minimum absolute atomic E-state index is 0.102. The highest BCUT2D eigenvalue weighted by molar-refractivity contribution is 9.10. The van der Waals surface area contributed by atoms with Gasteiger partial charge in [0.15, 0.2) is 18.2 Å². The lowest BCUT2D eigenvalue weighted by molar-refractivity contribution is -0.124. The predicted molar refractivity (Wildman–Crippen MR) is 99.2 cm³/mol. The molecule has 6 heteroatoms. The van der Waals surface area contributed by atoms with Gasteiger partial charge in [0.2, 0.25) is 0 Å². The van der Waals surface area contributed by atoms with Gasteiger partial charge in [-0.2, -0.15) is 0 Å². The van der Waals surface area contributed by atoms with Crippen LogP contribution < -0.4 is 10.1 Å². The summed E-state index contributed by atoms with van der Waals surface area (Å²) < 4.78 is 19.6. The van der Waals surface area contributed by atoms with Crippen LogP contribution in [0, 0.1) is 11.7 Å². The topological polar surface area (TPSA) is 41.6 Å². The van der Waals surface area contributed by atoms with Crippen molar-refractivity contribution in [2.24, 2.45) is 5.92 Å². The van der Waals surface area contributed by atoms with Gasteiger partial charge in [0.05, 0.1) is 0 Å². The minimum atomic E-state index is -0.470. The van der Waals surface area contributed by atoms with Gasteiger partial charge >= 0.3 is 0 Å². The van der Waals surface area contributed by atoms with Crippen LogP contribution in [0.3, 0.4) is 0 Å². The Morgan fingerprint density at radius 3 is 2.64 bits per heavy atom. The predicted octanol–water partition coefficient (Wildman–Crippen LogP) is 3.74. The number of likely N-dealkylation sites (tertiary alicyclic amines) is 1. The molecule has 1 aromatic rings. The average molecular weight is 413 g/mol. The highest BCUT2D eigenvalue weighted by Gasteiger charge is 2.24. The van der Waals surface area contributed by atoms with Crippen LogP contribution in [0.4, 0.5) is 4.39 Å². The van der Waals surface area contributed by atoms with Crippen molar-refractivity contribution in [3.8, 4) is 5.75 Å². The lowest BCUT2D eigenvalue weighted by Gasteiger charge is -2.33. The highest BCUT2D eigenvalue weighted by Crippen LogP contribution is 2.26. The maximum atomic E-state index is 13.7. The fraction of sp³-hybridized carbons (Fsp3) is 0.632. The van der Waals surface area contributed by atoms with Crippen molar-refractivity contribution >= 4 is 21.8 Å². The summed E-state index contributed by atoms with van der Waals surface area (Å²) >= 11 is 3.20. The molecule has 1 heterocycles. The van der Waals surface area contributed by atoms with E-state index in [-0.39, 0.29) is 24.3 Å². The van der Waals surface area contributed by atoms with E-state index in [1.807, 2.05) is 0 Å². The van der Waals surface area contributed by atoms with Crippen molar-refractivity contribution in [3.05, 3.63) is 28.5 Å². The van der Waals surface area contributed by atoms with Crippen molar-refractivity contribution in [3.63, 3.8) is 0 Å².